The highest BCUT2D eigenvalue weighted by atomic mass is 35.5. The van der Waals surface area contributed by atoms with Crippen molar-refractivity contribution < 1.29 is 4.79 Å². The topological polar surface area (TPSA) is 110 Å². The average Bonchev–Trinajstić information content (AvgIpc) is 3.74. The standard InChI is InChI=1S/C23H21ClN8O/c24-15-3-4-25-19(5-15)17-6-18(17)22(33)31-21-7-20(28-12-29-21)26-9-16-11-32-10-14(13-1-2-13)8-27-23(32)30-16/h3-5,7-8,10-13,17-18H,1-2,6,9H2,(H2,26,28,29,31,33)/t17-,18-/m0/s1. The van der Waals surface area contributed by atoms with E-state index in [9.17, 15) is 4.79 Å². The number of rotatable bonds is 7. The number of nitrogens with zero attached hydrogens (tertiary/aromatic N) is 6. The van der Waals surface area contributed by atoms with Gasteiger partial charge in [0.25, 0.3) is 0 Å². The molecule has 4 aromatic heterocycles. The number of anilines is 2. The van der Waals surface area contributed by atoms with Crippen molar-refractivity contribution in [2.45, 2.75) is 37.6 Å². The van der Waals surface area contributed by atoms with Crippen molar-refractivity contribution >= 4 is 34.9 Å². The molecule has 6 rings (SSSR count). The van der Waals surface area contributed by atoms with Gasteiger partial charge in [-0.3, -0.25) is 14.2 Å². The van der Waals surface area contributed by atoms with Gasteiger partial charge in [-0.1, -0.05) is 11.6 Å². The van der Waals surface area contributed by atoms with Gasteiger partial charge in [0.1, 0.15) is 18.0 Å². The Bertz CT molecular complexity index is 1350. The molecular weight excluding hydrogens is 440 g/mol. The Balaban J connectivity index is 1.08. The van der Waals surface area contributed by atoms with E-state index in [1.807, 2.05) is 22.9 Å². The number of halogens is 1. The Kier molecular flexibility index (Phi) is 4.91. The van der Waals surface area contributed by atoms with Gasteiger partial charge in [0.15, 0.2) is 0 Å². The smallest absolute Gasteiger partial charge is 0.233 e. The fourth-order valence-electron chi connectivity index (χ4n) is 4.02. The van der Waals surface area contributed by atoms with Gasteiger partial charge in [0.2, 0.25) is 11.7 Å². The Hall–Kier alpha value is -3.59. The van der Waals surface area contributed by atoms with E-state index in [1.165, 1.54) is 24.7 Å². The van der Waals surface area contributed by atoms with Gasteiger partial charge in [-0.2, -0.15) is 0 Å². The number of carbonyl (C=O) groups is 1. The lowest BCUT2D eigenvalue weighted by Crippen LogP contribution is -2.16. The highest BCUT2D eigenvalue weighted by Crippen LogP contribution is 2.47. The van der Waals surface area contributed by atoms with Crippen molar-refractivity contribution in [3.05, 3.63) is 71.3 Å². The van der Waals surface area contributed by atoms with Gasteiger partial charge >= 0.3 is 0 Å². The highest BCUT2D eigenvalue weighted by molar-refractivity contribution is 6.30. The predicted octanol–water partition coefficient (Wildman–Crippen LogP) is 3.80. The number of amides is 1. The minimum Gasteiger partial charge on any atom is -0.364 e. The van der Waals surface area contributed by atoms with Crippen LogP contribution in [0.25, 0.3) is 5.78 Å². The maximum Gasteiger partial charge on any atom is 0.233 e. The van der Waals surface area contributed by atoms with Crippen LogP contribution in [-0.2, 0) is 11.3 Å². The Morgan fingerprint density at radius 2 is 2.00 bits per heavy atom. The first kappa shape index (κ1) is 20.0. The quantitative estimate of drug-likeness (QED) is 0.431. The van der Waals surface area contributed by atoms with Gasteiger partial charge in [-0.25, -0.2) is 19.9 Å². The number of imidazole rings is 1. The molecule has 1 amide bonds. The molecule has 166 valence electrons. The van der Waals surface area contributed by atoms with E-state index in [0.29, 0.717) is 34.9 Å². The van der Waals surface area contributed by atoms with Crippen LogP contribution in [0.1, 0.15) is 48.0 Å². The number of fused-ring (bicyclic) bond motifs is 1. The second-order valence-corrected chi connectivity index (χ2v) is 9.02. The molecule has 2 N–H and O–H groups in total. The number of aromatic nitrogens is 6. The van der Waals surface area contributed by atoms with Gasteiger partial charge in [-0.15, -0.1) is 0 Å². The molecule has 0 aromatic carbocycles. The fraction of sp³-hybridized carbons (Fsp3) is 0.304. The summed E-state index contributed by atoms with van der Waals surface area (Å²) in [6.45, 7) is 0.484. The lowest BCUT2D eigenvalue weighted by atomic mass is 10.2. The Morgan fingerprint density at radius 1 is 1.12 bits per heavy atom. The van der Waals surface area contributed by atoms with E-state index in [-0.39, 0.29) is 17.7 Å². The monoisotopic (exact) mass is 460 g/mol. The summed E-state index contributed by atoms with van der Waals surface area (Å²) < 4.78 is 1.97. The summed E-state index contributed by atoms with van der Waals surface area (Å²) in [6.07, 6.45) is 12.3. The third-order valence-electron chi connectivity index (χ3n) is 6.05. The number of pyridine rings is 1. The van der Waals surface area contributed by atoms with Crippen LogP contribution in [-0.4, -0.2) is 35.2 Å². The number of carbonyl (C=O) groups excluding carboxylic acids is 1. The molecular formula is C23H21ClN8O. The second-order valence-electron chi connectivity index (χ2n) is 8.58. The van der Waals surface area contributed by atoms with Crippen LogP contribution >= 0.6 is 11.6 Å². The first-order chi connectivity index (χ1) is 16.1. The largest absolute Gasteiger partial charge is 0.364 e. The molecule has 33 heavy (non-hydrogen) atoms. The van der Waals surface area contributed by atoms with Crippen LogP contribution in [0.15, 0.2) is 49.3 Å². The van der Waals surface area contributed by atoms with Crippen molar-refractivity contribution in [2.24, 2.45) is 5.92 Å². The maximum absolute atomic E-state index is 12.6. The zero-order valence-electron chi connectivity index (χ0n) is 17.6. The molecule has 0 bridgehead atoms. The van der Waals surface area contributed by atoms with Crippen molar-refractivity contribution in [1.29, 1.82) is 0 Å². The molecule has 0 aliphatic heterocycles. The molecule has 0 radical (unpaired) electrons. The van der Waals surface area contributed by atoms with Gasteiger partial charge in [0, 0.05) is 53.4 Å². The summed E-state index contributed by atoms with van der Waals surface area (Å²) in [5, 5.41) is 6.75. The zero-order valence-corrected chi connectivity index (χ0v) is 18.4. The van der Waals surface area contributed by atoms with Crippen molar-refractivity contribution in [3.8, 4) is 0 Å². The van der Waals surface area contributed by atoms with Crippen molar-refractivity contribution in [3.63, 3.8) is 0 Å². The lowest BCUT2D eigenvalue weighted by molar-refractivity contribution is -0.117. The van der Waals surface area contributed by atoms with E-state index in [2.05, 4.69) is 41.8 Å². The van der Waals surface area contributed by atoms with E-state index in [0.717, 1.165) is 17.8 Å². The highest BCUT2D eigenvalue weighted by Gasteiger charge is 2.45. The molecule has 9 nitrogen and oxygen atoms in total. The minimum absolute atomic E-state index is 0.0793. The molecule has 2 aliphatic carbocycles. The summed E-state index contributed by atoms with van der Waals surface area (Å²) in [5.74, 6) is 2.26. The fourth-order valence-corrected chi connectivity index (χ4v) is 4.19. The zero-order chi connectivity index (χ0) is 22.4. The predicted molar refractivity (Wildman–Crippen MR) is 123 cm³/mol. The first-order valence-corrected chi connectivity index (χ1v) is 11.3. The maximum atomic E-state index is 12.6. The van der Waals surface area contributed by atoms with E-state index in [4.69, 9.17) is 11.6 Å². The summed E-state index contributed by atoms with van der Waals surface area (Å²) in [7, 11) is 0. The van der Waals surface area contributed by atoms with Crippen LogP contribution in [0.2, 0.25) is 5.02 Å². The van der Waals surface area contributed by atoms with Gasteiger partial charge in [-0.05, 0) is 42.9 Å². The van der Waals surface area contributed by atoms with Crippen LogP contribution < -0.4 is 10.6 Å². The summed E-state index contributed by atoms with van der Waals surface area (Å²) >= 11 is 6.04. The average molecular weight is 461 g/mol. The van der Waals surface area contributed by atoms with Gasteiger partial charge < -0.3 is 10.6 Å². The van der Waals surface area contributed by atoms with E-state index < -0.39 is 0 Å². The van der Waals surface area contributed by atoms with Crippen molar-refractivity contribution in [2.75, 3.05) is 10.6 Å². The summed E-state index contributed by atoms with van der Waals surface area (Å²) in [6, 6.07) is 5.26. The normalized spacial score (nSPS) is 19.4. The summed E-state index contributed by atoms with van der Waals surface area (Å²) in [4.78, 5) is 34.4. The Morgan fingerprint density at radius 3 is 2.85 bits per heavy atom. The molecule has 0 spiro atoms. The number of nitrogens with one attached hydrogen (secondary N) is 2. The van der Waals surface area contributed by atoms with Gasteiger partial charge in [0.05, 0.1) is 12.2 Å². The van der Waals surface area contributed by atoms with E-state index in [1.54, 1.807) is 18.3 Å². The summed E-state index contributed by atoms with van der Waals surface area (Å²) in [5.41, 5.74) is 2.97. The molecule has 2 atom stereocenters. The molecule has 0 unspecified atom stereocenters. The number of hydrogen-bond donors (Lipinski definition) is 2. The van der Waals surface area contributed by atoms with Crippen LogP contribution in [0.4, 0.5) is 11.6 Å². The molecule has 10 heteroatoms. The second kappa shape index (κ2) is 8.08. The third kappa shape index (κ3) is 4.36. The molecule has 2 fully saturated rings. The lowest BCUT2D eigenvalue weighted by Gasteiger charge is -2.07. The molecule has 0 saturated heterocycles. The van der Waals surface area contributed by atoms with Crippen LogP contribution in [0, 0.1) is 5.92 Å². The van der Waals surface area contributed by atoms with Crippen LogP contribution in [0.5, 0.6) is 0 Å². The minimum atomic E-state index is -0.131. The third-order valence-corrected chi connectivity index (χ3v) is 6.28. The molecule has 4 heterocycles. The van der Waals surface area contributed by atoms with Crippen molar-refractivity contribution in [1.82, 2.24) is 29.3 Å². The molecule has 4 aromatic rings. The Labute approximate surface area is 194 Å². The number of hydrogen-bond acceptors (Lipinski definition) is 7. The molecule has 2 saturated carbocycles. The SMILES string of the molecule is O=C(Nc1cc(NCc2cn3cc(C4CC4)cnc3n2)ncn1)[C@H]1C[C@@H]1c1cc(Cl)ccn1. The first-order valence-electron chi connectivity index (χ1n) is 10.9. The molecule has 2 aliphatic rings. The van der Waals surface area contributed by atoms with Crippen LogP contribution in [0.3, 0.4) is 0 Å². The van der Waals surface area contributed by atoms with E-state index >= 15 is 0 Å².